The second kappa shape index (κ2) is 10.3. The van der Waals surface area contributed by atoms with Crippen molar-refractivity contribution in [3.8, 4) is 11.5 Å². The molecule has 1 atom stereocenters. The Morgan fingerprint density at radius 1 is 1.03 bits per heavy atom. The second-order valence-electron chi connectivity index (χ2n) is 8.07. The lowest BCUT2D eigenvalue weighted by molar-refractivity contribution is -0.918. The van der Waals surface area contributed by atoms with Gasteiger partial charge in [-0.15, -0.1) is 0 Å². The van der Waals surface area contributed by atoms with E-state index >= 15 is 0 Å². The van der Waals surface area contributed by atoms with Gasteiger partial charge in [0.2, 0.25) is 5.91 Å². The topological polar surface area (TPSA) is 55.2 Å². The van der Waals surface area contributed by atoms with Crippen molar-refractivity contribution in [3.63, 3.8) is 0 Å². The van der Waals surface area contributed by atoms with Crippen LogP contribution in [0.2, 0.25) is 0 Å². The highest BCUT2D eigenvalue weighted by Gasteiger charge is 2.27. The van der Waals surface area contributed by atoms with Gasteiger partial charge in [-0.3, -0.25) is 4.79 Å². The predicted molar refractivity (Wildman–Crippen MR) is 120 cm³/mol. The Kier molecular flexibility index (Phi) is 7.57. The number of benzene rings is 2. The molecule has 0 aromatic heterocycles. The van der Waals surface area contributed by atoms with Crippen LogP contribution >= 0.6 is 0 Å². The first-order chi connectivity index (χ1) is 14.5. The van der Waals surface area contributed by atoms with E-state index in [1.165, 1.54) is 24.1 Å². The molecule has 0 unspecified atom stereocenters. The summed E-state index contributed by atoms with van der Waals surface area (Å²) < 4.78 is 10.6. The van der Waals surface area contributed by atoms with E-state index in [0.717, 1.165) is 18.7 Å². The summed E-state index contributed by atoms with van der Waals surface area (Å²) in [4.78, 5) is 16.3. The average Bonchev–Trinajstić information content (AvgIpc) is 3.28. The summed E-state index contributed by atoms with van der Waals surface area (Å²) in [5, 5.41) is 3.17. The van der Waals surface area contributed by atoms with Crippen LogP contribution in [0.25, 0.3) is 0 Å². The molecule has 0 spiro atoms. The van der Waals surface area contributed by atoms with Gasteiger partial charge in [-0.05, 0) is 29.8 Å². The van der Waals surface area contributed by atoms with Crippen molar-refractivity contribution >= 4 is 11.6 Å². The van der Waals surface area contributed by atoms with Gasteiger partial charge < -0.3 is 24.6 Å². The van der Waals surface area contributed by atoms with Crippen LogP contribution in [0.3, 0.4) is 0 Å². The quantitative estimate of drug-likeness (QED) is 0.660. The Hall–Kier alpha value is -2.73. The number of rotatable bonds is 9. The minimum absolute atomic E-state index is 0.0238. The molecule has 0 bridgehead atoms. The molecule has 30 heavy (non-hydrogen) atoms. The van der Waals surface area contributed by atoms with Crippen molar-refractivity contribution in [2.24, 2.45) is 0 Å². The second-order valence-corrected chi connectivity index (χ2v) is 8.07. The molecule has 2 aromatic rings. The third kappa shape index (κ3) is 5.45. The lowest BCUT2D eigenvalue weighted by Crippen LogP contribution is -3.11. The van der Waals surface area contributed by atoms with E-state index in [1.54, 1.807) is 19.1 Å². The van der Waals surface area contributed by atoms with Crippen LogP contribution in [0.5, 0.6) is 11.5 Å². The number of ether oxygens (including phenoxy) is 2. The van der Waals surface area contributed by atoms with Crippen molar-refractivity contribution in [3.05, 3.63) is 53.6 Å². The highest BCUT2D eigenvalue weighted by atomic mass is 16.5. The largest absolute Gasteiger partial charge is 0.493 e. The van der Waals surface area contributed by atoms with E-state index in [0.29, 0.717) is 24.5 Å². The molecule has 1 heterocycles. The van der Waals surface area contributed by atoms with Crippen LogP contribution in [0.1, 0.15) is 30.0 Å². The zero-order chi connectivity index (χ0) is 21.5. The number of carbonyl (C=O) groups is 1. The van der Waals surface area contributed by atoms with Crippen molar-refractivity contribution in [1.29, 1.82) is 0 Å². The molecule has 3 rings (SSSR count). The number of methoxy groups -OCH3 is 2. The van der Waals surface area contributed by atoms with Crippen LogP contribution in [0.4, 0.5) is 5.69 Å². The van der Waals surface area contributed by atoms with E-state index in [-0.39, 0.29) is 11.9 Å². The van der Waals surface area contributed by atoms with Crippen molar-refractivity contribution in [2.75, 3.05) is 52.8 Å². The standard InChI is InChI=1S/C24H33N3O3/c1-26(2)20-10-8-19(9-11-20)21(27-13-5-6-14-27)17-25-24(28)16-18-7-12-22(29-3)23(15-18)30-4/h7-12,15,21H,5-6,13-14,16-17H2,1-4H3,(H,25,28)/p+1/t21-/m0/s1. The van der Waals surface area contributed by atoms with Crippen LogP contribution in [-0.4, -0.2) is 53.9 Å². The molecule has 1 amide bonds. The van der Waals surface area contributed by atoms with Gasteiger partial charge in [0.05, 0.1) is 40.3 Å². The smallest absolute Gasteiger partial charge is 0.224 e. The number of carbonyl (C=O) groups excluding carboxylic acids is 1. The molecular formula is C24H34N3O3+. The monoisotopic (exact) mass is 412 g/mol. The van der Waals surface area contributed by atoms with Crippen LogP contribution in [0, 0.1) is 0 Å². The number of hydrogen-bond acceptors (Lipinski definition) is 4. The molecule has 2 N–H and O–H groups in total. The fraction of sp³-hybridized carbons (Fsp3) is 0.458. The maximum atomic E-state index is 12.7. The molecule has 0 aliphatic carbocycles. The molecule has 1 aliphatic rings. The van der Waals surface area contributed by atoms with Gasteiger partial charge in [0.1, 0.15) is 6.04 Å². The van der Waals surface area contributed by atoms with E-state index in [4.69, 9.17) is 9.47 Å². The third-order valence-electron chi connectivity index (χ3n) is 5.87. The molecule has 6 heteroatoms. The summed E-state index contributed by atoms with van der Waals surface area (Å²) in [5.41, 5.74) is 3.38. The summed E-state index contributed by atoms with van der Waals surface area (Å²) in [6.07, 6.45) is 2.82. The average molecular weight is 413 g/mol. The number of hydrogen-bond donors (Lipinski definition) is 2. The SMILES string of the molecule is COc1ccc(CC(=O)NC[C@@H](c2ccc(N(C)C)cc2)[NH+]2CCCC2)cc1OC. The highest BCUT2D eigenvalue weighted by molar-refractivity contribution is 5.78. The van der Waals surface area contributed by atoms with Gasteiger partial charge in [0, 0.05) is 38.2 Å². The molecular weight excluding hydrogens is 378 g/mol. The molecule has 162 valence electrons. The lowest BCUT2D eigenvalue weighted by atomic mass is 10.0. The number of amides is 1. The summed E-state index contributed by atoms with van der Waals surface area (Å²) >= 11 is 0. The summed E-state index contributed by atoms with van der Waals surface area (Å²) in [5.74, 6) is 1.33. The molecule has 0 saturated carbocycles. The maximum absolute atomic E-state index is 12.7. The van der Waals surface area contributed by atoms with E-state index < -0.39 is 0 Å². The number of likely N-dealkylation sites (tertiary alicyclic amines) is 1. The fourth-order valence-corrected chi connectivity index (χ4v) is 4.13. The number of nitrogens with one attached hydrogen (secondary N) is 2. The van der Waals surface area contributed by atoms with Gasteiger partial charge in [0.15, 0.2) is 11.5 Å². The zero-order valence-corrected chi connectivity index (χ0v) is 18.5. The van der Waals surface area contributed by atoms with Crippen LogP contribution < -0.4 is 24.6 Å². The first-order valence-electron chi connectivity index (χ1n) is 10.6. The Bertz CT molecular complexity index is 830. The molecule has 2 aromatic carbocycles. The Morgan fingerprint density at radius 2 is 1.70 bits per heavy atom. The number of nitrogens with zero attached hydrogens (tertiary/aromatic N) is 1. The summed E-state index contributed by atoms with van der Waals surface area (Å²) in [6.45, 7) is 2.96. The lowest BCUT2D eigenvalue weighted by Gasteiger charge is -2.26. The molecule has 1 aliphatic heterocycles. The van der Waals surface area contributed by atoms with Gasteiger partial charge in [0.25, 0.3) is 0 Å². The summed E-state index contributed by atoms with van der Waals surface area (Å²) in [6, 6.07) is 14.6. The number of quaternary nitrogens is 1. The highest BCUT2D eigenvalue weighted by Crippen LogP contribution is 2.27. The first kappa shape index (κ1) is 22.0. The van der Waals surface area contributed by atoms with Gasteiger partial charge in [-0.1, -0.05) is 18.2 Å². The third-order valence-corrected chi connectivity index (χ3v) is 5.87. The minimum atomic E-state index is 0.0238. The van der Waals surface area contributed by atoms with Gasteiger partial charge in [-0.25, -0.2) is 0 Å². The van der Waals surface area contributed by atoms with E-state index in [2.05, 4.69) is 34.5 Å². The van der Waals surface area contributed by atoms with E-state index in [1.807, 2.05) is 32.3 Å². The van der Waals surface area contributed by atoms with Crippen molar-refractivity contribution in [2.45, 2.75) is 25.3 Å². The van der Waals surface area contributed by atoms with E-state index in [9.17, 15) is 4.79 Å². The fourth-order valence-electron chi connectivity index (χ4n) is 4.13. The van der Waals surface area contributed by atoms with Crippen molar-refractivity contribution in [1.82, 2.24) is 5.32 Å². The van der Waals surface area contributed by atoms with Gasteiger partial charge in [-0.2, -0.15) is 0 Å². The van der Waals surface area contributed by atoms with Crippen molar-refractivity contribution < 1.29 is 19.2 Å². The minimum Gasteiger partial charge on any atom is -0.493 e. The maximum Gasteiger partial charge on any atom is 0.224 e. The molecule has 1 saturated heterocycles. The Balaban J connectivity index is 1.65. The first-order valence-corrected chi connectivity index (χ1v) is 10.6. The Morgan fingerprint density at radius 3 is 2.30 bits per heavy atom. The predicted octanol–water partition coefficient (Wildman–Crippen LogP) is 1.85. The molecule has 6 nitrogen and oxygen atoms in total. The zero-order valence-electron chi connectivity index (χ0n) is 18.5. The number of anilines is 1. The molecule has 1 fully saturated rings. The van der Waals surface area contributed by atoms with Crippen LogP contribution in [0.15, 0.2) is 42.5 Å². The normalized spacial score (nSPS) is 14.9. The van der Waals surface area contributed by atoms with Crippen LogP contribution in [-0.2, 0) is 11.2 Å². The van der Waals surface area contributed by atoms with Gasteiger partial charge >= 0.3 is 0 Å². The summed E-state index contributed by atoms with van der Waals surface area (Å²) in [7, 11) is 7.31. The Labute approximate surface area is 179 Å². The molecule has 0 radical (unpaired) electrons.